The largest absolute Gasteiger partial charge is 2.00 e. The van der Waals surface area contributed by atoms with E-state index >= 15 is 0 Å². The summed E-state index contributed by atoms with van der Waals surface area (Å²) in [5.41, 5.74) is 0. The molecule has 6 heavy (non-hydrogen) atoms. The van der Waals surface area contributed by atoms with Gasteiger partial charge < -0.3 is 17.9 Å². The molecular formula is CH2BaO3Sr. The van der Waals surface area contributed by atoms with Crippen LogP contribution in [0.1, 0.15) is 2.85 Å². The molecule has 0 saturated carbocycles. The molecule has 0 aliphatic heterocycles. The minimum absolute atomic E-state index is 0. The molecule has 5 heteroatoms. The van der Waals surface area contributed by atoms with Gasteiger partial charge in [0.15, 0.2) is 0 Å². The summed E-state index contributed by atoms with van der Waals surface area (Å²) in [6.45, 7) is 0. The van der Waals surface area contributed by atoms with E-state index in [1.807, 2.05) is 0 Å². The molecule has 0 aromatic rings. The van der Waals surface area contributed by atoms with Crippen LogP contribution in [0.5, 0.6) is 0 Å². The van der Waals surface area contributed by atoms with E-state index in [-0.39, 0.29) is 97.2 Å². The molecule has 0 radical (unpaired) electrons. The number of rotatable bonds is 0. The Morgan fingerprint density at radius 1 is 1.50 bits per heavy atom. The maximum Gasteiger partial charge on any atom is 2.00 e. The number of hydrogen-bond donors (Lipinski definition) is 0. The van der Waals surface area contributed by atoms with Crippen molar-refractivity contribution in [2.24, 2.45) is 0 Å². The Morgan fingerprint density at radius 2 is 1.50 bits per heavy atom. The van der Waals surface area contributed by atoms with Gasteiger partial charge in [-0.2, -0.15) is 0 Å². The smallest absolute Gasteiger partial charge is 1.00 e. The first-order valence-corrected chi connectivity index (χ1v) is 0.612. The van der Waals surface area contributed by atoms with E-state index in [0.717, 1.165) is 0 Å². The number of carboxylic acid groups (broad SMARTS) is 2. The van der Waals surface area contributed by atoms with E-state index in [9.17, 15) is 0 Å². The minimum atomic E-state index is -2.33. The Kier molecular flexibility index (Phi) is 27.1. The van der Waals surface area contributed by atoms with Crippen molar-refractivity contribution < 1.29 is 17.9 Å². The Balaban J connectivity index is -0.00000000750. The second kappa shape index (κ2) is 10.3. The second-order valence-electron chi connectivity index (χ2n) is 0.250. The number of carbonyl (C=O) groups is 1. The summed E-state index contributed by atoms with van der Waals surface area (Å²) in [7, 11) is 0. The summed E-state index contributed by atoms with van der Waals surface area (Å²) in [4.78, 5) is 8.33. The van der Waals surface area contributed by atoms with E-state index in [0.29, 0.717) is 0 Å². The minimum Gasteiger partial charge on any atom is -1.00 e. The summed E-state index contributed by atoms with van der Waals surface area (Å²) >= 11 is 0. The van der Waals surface area contributed by atoms with Crippen LogP contribution >= 0.6 is 0 Å². The van der Waals surface area contributed by atoms with Gasteiger partial charge in [0.2, 0.25) is 0 Å². The normalized spacial score (nSPS) is 4.00. The maximum absolute atomic E-state index is 8.33. The molecule has 3 nitrogen and oxygen atoms in total. The zero-order chi connectivity index (χ0) is 3.58. The molecule has 0 N–H and O–H groups in total. The van der Waals surface area contributed by atoms with Gasteiger partial charge >= 0.3 is 94.4 Å². The molecule has 28 valence electrons. The topological polar surface area (TPSA) is 63.2 Å². The number of carbonyl (C=O) groups excluding carboxylic acids is 1. The van der Waals surface area contributed by atoms with E-state index < -0.39 is 6.16 Å². The number of hydrogen-bond acceptors (Lipinski definition) is 3. The van der Waals surface area contributed by atoms with Crippen LogP contribution in [0.25, 0.3) is 0 Å². The molecule has 0 aromatic carbocycles. The monoisotopic (exact) mass is 288 g/mol. The first-order valence-electron chi connectivity index (χ1n) is 0.612. The van der Waals surface area contributed by atoms with Crippen LogP contribution in [-0.4, -0.2) is 101 Å². The van der Waals surface area contributed by atoms with Crippen LogP contribution in [-0.2, 0) is 0 Å². The molecule has 0 atom stereocenters. The van der Waals surface area contributed by atoms with E-state index in [1.54, 1.807) is 0 Å². The average Bonchev–Trinajstić information content (AvgIpc) is 0.811. The quantitative estimate of drug-likeness (QED) is 0.447. The Labute approximate surface area is 115 Å². The van der Waals surface area contributed by atoms with Crippen molar-refractivity contribution in [1.82, 2.24) is 0 Å². The predicted octanol–water partition coefficient (Wildman–Crippen LogP) is -2.98. The fourth-order valence-electron chi connectivity index (χ4n) is 0. The van der Waals surface area contributed by atoms with E-state index in [4.69, 9.17) is 15.0 Å². The van der Waals surface area contributed by atoms with E-state index in [1.165, 1.54) is 0 Å². The zero-order valence-electron chi connectivity index (χ0n) is 5.14. The molecule has 0 unspecified atom stereocenters. The predicted molar refractivity (Wildman–Crippen MR) is 19.1 cm³/mol. The Bertz CT molecular complexity index is 40.3. The van der Waals surface area contributed by atoms with Crippen LogP contribution < -0.4 is 10.2 Å². The Hall–Kier alpha value is 2.32. The fraction of sp³-hybridized carbons (Fsp3) is 0. The molecule has 0 aliphatic rings. The molecule has 0 aromatic heterocycles. The fourth-order valence-corrected chi connectivity index (χ4v) is 0. The molecule has 0 aliphatic carbocycles. The van der Waals surface area contributed by atoms with Gasteiger partial charge in [-0.05, 0) is 6.16 Å². The zero-order valence-corrected chi connectivity index (χ0v) is 11.1. The van der Waals surface area contributed by atoms with Crippen LogP contribution in [0.2, 0.25) is 0 Å². The van der Waals surface area contributed by atoms with Crippen LogP contribution in [0.15, 0.2) is 0 Å². The molecule has 0 amide bonds. The van der Waals surface area contributed by atoms with Gasteiger partial charge in [0, 0.05) is 0 Å². The average molecular weight is 287 g/mol. The molecule has 0 bridgehead atoms. The van der Waals surface area contributed by atoms with Gasteiger partial charge in [-0.15, -0.1) is 0 Å². The molecule has 0 rings (SSSR count). The molecular weight excluding hydrogens is 285 g/mol. The van der Waals surface area contributed by atoms with Crippen molar-refractivity contribution in [2.75, 3.05) is 0 Å². The van der Waals surface area contributed by atoms with Crippen LogP contribution in [0.4, 0.5) is 4.79 Å². The first kappa shape index (κ1) is 15.8. The van der Waals surface area contributed by atoms with Crippen molar-refractivity contribution >= 4 is 101 Å². The van der Waals surface area contributed by atoms with Crippen molar-refractivity contribution in [2.45, 2.75) is 0 Å². The third-order valence-electron chi connectivity index (χ3n) is 0. The van der Waals surface area contributed by atoms with Crippen molar-refractivity contribution in [3.63, 3.8) is 0 Å². The van der Waals surface area contributed by atoms with Gasteiger partial charge in [-0.3, -0.25) is 0 Å². The SMILES string of the molecule is O=C([O-])[O-].[Ba+2].[H-].[H-].[Sr+2]. The summed E-state index contributed by atoms with van der Waals surface area (Å²) in [5, 5.41) is 16.7. The Morgan fingerprint density at radius 3 is 1.50 bits per heavy atom. The molecule has 0 fully saturated rings. The second-order valence-corrected chi connectivity index (χ2v) is 0.250. The van der Waals surface area contributed by atoms with Gasteiger partial charge in [0.25, 0.3) is 0 Å². The van der Waals surface area contributed by atoms with Gasteiger partial charge in [-0.1, -0.05) is 0 Å². The summed E-state index contributed by atoms with van der Waals surface area (Å²) in [6, 6.07) is 0. The summed E-state index contributed by atoms with van der Waals surface area (Å²) < 4.78 is 0. The van der Waals surface area contributed by atoms with E-state index in [2.05, 4.69) is 0 Å². The molecule has 0 spiro atoms. The van der Waals surface area contributed by atoms with Crippen LogP contribution in [0.3, 0.4) is 0 Å². The standard InChI is InChI=1S/CH2O3.Ba.Sr.2H/c2-1(3)4;;;;/h(H2,2,3,4);;;;/q;2*+2;2*-1/p-2. The summed E-state index contributed by atoms with van der Waals surface area (Å²) in [5.74, 6) is 0. The van der Waals surface area contributed by atoms with Crippen molar-refractivity contribution in [1.29, 1.82) is 0 Å². The first-order chi connectivity index (χ1) is 1.73. The maximum atomic E-state index is 8.33. The summed E-state index contributed by atoms with van der Waals surface area (Å²) in [6.07, 6.45) is -2.33. The van der Waals surface area contributed by atoms with Gasteiger partial charge in [0.1, 0.15) is 0 Å². The van der Waals surface area contributed by atoms with Crippen LogP contribution in [0, 0.1) is 0 Å². The van der Waals surface area contributed by atoms with Gasteiger partial charge in [-0.25, -0.2) is 0 Å². The molecule has 0 heterocycles. The van der Waals surface area contributed by atoms with Gasteiger partial charge in [0.05, 0.1) is 0 Å². The third kappa shape index (κ3) is 33.2. The van der Waals surface area contributed by atoms with Crippen molar-refractivity contribution in [3.8, 4) is 0 Å². The third-order valence-corrected chi connectivity index (χ3v) is 0. The molecule has 0 saturated heterocycles. The van der Waals surface area contributed by atoms with Crippen molar-refractivity contribution in [3.05, 3.63) is 0 Å².